The first-order valence-electron chi connectivity index (χ1n) is 13.8. The monoisotopic (exact) mass is 557 g/mol. The van der Waals surface area contributed by atoms with E-state index in [2.05, 4.69) is 36.8 Å². The van der Waals surface area contributed by atoms with Crippen LogP contribution in [0.3, 0.4) is 0 Å². The number of carbonyl (C=O) groups is 1. The fourth-order valence-electron chi connectivity index (χ4n) is 5.13. The van der Waals surface area contributed by atoms with Gasteiger partial charge < -0.3 is 24.4 Å². The van der Waals surface area contributed by atoms with Crippen molar-refractivity contribution in [3.63, 3.8) is 0 Å². The second-order valence-corrected chi connectivity index (χ2v) is 10.4. The van der Waals surface area contributed by atoms with E-state index in [9.17, 15) is 15.0 Å². The van der Waals surface area contributed by atoms with Crippen LogP contribution in [0.25, 0.3) is 0 Å². The Labute approximate surface area is 238 Å². The predicted molar refractivity (Wildman–Crippen MR) is 156 cm³/mol. The topological polar surface area (TPSA) is 116 Å². The summed E-state index contributed by atoms with van der Waals surface area (Å²) in [4.78, 5) is 12.3. The van der Waals surface area contributed by atoms with Gasteiger partial charge in [-0.3, -0.25) is 4.68 Å². The summed E-state index contributed by atoms with van der Waals surface area (Å²) in [5.41, 5.74) is 4.05. The molecule has 40 heavy (non-hydrogen) atoms. The number of unbranched alkanes of at least 4 members (excludes halogenated alkanes) is 2. The molecule has 3 rings (SSSR count). The number of aromatic nitrogens is 3. The fraction of sp³-hybridized carbons (Fsp3) is 0.581. The Balaban J connectivity index is 0.00000560. The fourth-order valence-corrected chi connectivity index (χ4v) is 5.13. The summed E-state index contributed by atoms with van der Waals surface area (Å²) in [6.45, 7) is 12.1. The summed E-state index contributed by atoms with van der Waals surface area (Å²) in [6.07, 6.45) is 9.15. The van der Waals surface area contributed by atoms with E-state index in [4.69, 9.17) is 14.2 Å². The molecule has 0 spiro atoms. The minimum atomic E-state index is -1.12. The summed E-state index contributed by atoms with van der Waals surface area (Å²) in [5.74, 6) is -0.956. The molecule has 0 bridgehead atoms. The molecule has 2 N–H and O–H groups in total. The number of allylic oxidation sites excluding steroid dienone is 3. The Hall–Kier alpha value is -3.17. The molecule has 1 aliphatic rings. The second kappa shape index (κ2) is 16.2. The summed E-state index contributed by atoms with van der Waals surface area (Å²) in [6, 6.07) is 1.81. The second-order valence-electron chi connectivity index (χ2n) is 10.4. The lowest BCUT2D eigenvalue weighted by Gasteiger charge is -2.32. The number of hydrogen-bond donors (Lipinski definition) is 2. The maximum atomic E-state index is 12.3. The van der Waals surface area contributed by atoms with Gasteiger partial charge in [0.1, 0.15) is 29.4 Å². The highest BCUT2D eigenvalue weighted by molar-refractivity contribution is 5.94. The molecule has 1 aliphatic carbocycles. The zero-order chi connectivity index (χ0) is 28.4. The lowest BCUT2D eigenvalue weighted by molar-refractivity contribution is 0.0292. The molecule has 222 valence electrons. The standard InChI is InChI=1S/C30H43N3O6.CH4/c1-6-7-8-9-22-17-26(39-15-14-37-12-13-38-19-23-18-33(5)32-31-23)28(29(34)27(22)30(35)36)25-16-21(4)10-11-24(25)20(2)3;/h16-18,24-25,34H,2,6-15,19H2,1,3-5H3,(H,35,36);1H4. The third kappa shape index (κ3) is 8.93. The third-order valence-corrected chi connectivity index (χ3v) is 7.12. The number of phenols is 1. The molecule has 2 aromatic rings. The quantitative estimate of drug-likeness (QED) is 0.185. The molecule has 0 amide bonds. The molecule has 1 heterocycles. The van der Waals surface area contributed by atoms with E-state index in [1.54, 1.807) is 17.9 Å². The van der Waals surface area contributed by atoms with E-state index in [-0.39, 0.29) is 37.2 Å². The van der Waals surface area contributed by atoms with Crippen LogP contribution in [-0.2, 0) is 29.5 Å². The first kappa shape index (κ1) is 33.0. The normalized spacial score (nSPS) is 16.8. The molecule has 9 heteroatoms. The van der Waals surface area contributed by atoms with Gasteiger partial charge in [0.25, 0.3) is 0 Å². The number of aryl methyl sites for hydroxylation is 2. The minimum Gasteiger partial charge on any atom is -0.507 e. The Morgan fingerprint density at radius 3 is 2.58 bits per heavy atom. The van der Waals surface area contributed by atoms with Crippen molar-refractivity contribution in [1.29, 1.82) is 0 Å². The number of hydrogen-bond acceptors (Lipinski definition) is 7. The average Bonchev–Trinajstić information content (AvgIpc) is 3.30. The molecular formula is C31H47N3O6. The summed E-state index contributed by atoms with van der Waals surface area (Å²) in [5, 5.41) is 29.3. The maximum absolute atomic E-state index is 12.3. The van der Waals surface area contributed by atoms with Crippen LogP contribution in [0.4, 0.5) is 0 Å². The number of aromatic carboxylic acids is 1. The minimum absolute atomic E-state index is 0. The van der Waals surface area contributed by atoms with Crippen LogP contribution in [0.1, 0.15) is 93.4 Å². The SMILES string of the molecule is C.C=C(C)C1CCC(C)=CC1c1c(OCCOCCOCc2cn(C)nn2)cc(CCCCC)c(C(=O)O)c1O. The van der Waals surface area contributed by atoms with E-state index in [0.717, 1.165) is 43.4 Å². The van der Waals surface area contributed by atoms with Crippen molar-refractivity contribution in [3.8, 4) is 11.5 Å². The van der Waals surface area contributed by atoms with Crippen LogP contribution in [-0.4, -0.2) is 57.6 Å². The van der Waals surface area contributed by atoms with Gasteiger partial charge in [-0.2, -0.15) is 0 Å². The highest BCUT2D eigenvalue weighted by atomic mass is 16.5. The molecule has 0 saturated carbocycles. The van der Waals surface area contributed by atoms with Crippen molar-refractivity contribution < 1.29 is 29.2 Å². The van der Waals surface area contributed by atoms with Crippen molar-refractivity contribution in [3.05, 3.63) is 58.4 Å². The first-order chi connectivity index (χ1) is 18.7. The van der Waals surface area contributed by atoms with Crippen LogP contribution < -0.4 is 4.74 Å². The molecule has 0 radical (unpaired) electrons. The highest BCUT2D eigenvalue weighted by Crippen LogP contribution is 2.48. The lowest BCUT2D eigenvalue weighted by atomic mass is 9.73. The highest BCUT2D eigenvalue weighted by Gasteiger charge is 2.33. The van der Waals surface area contributed by atoms with E-state index >= 15 is 0 Å². The van der Waals surface area contributed by atoms with Gasteiger partial charge in [0.2, 0.25) is 0 Å². The first-order valence-corrected chi connectivity index (χ1v) is 13.8. The van der Waals surface area contributed by atoms with Gasteiger partial charge in [0.05, 0.1) is 32.6 Å². The van der Waals surface area contributed by atoms with Gasteiger partial charge in [-0.05, 0) is 57.1 Å². The van der Waals surface area contributed by atoms with Crippen LogP contribution in [0.5, 0.6) is 11.5 Å². The van der Waals surface area contributed by atoms with Crippen molar-refractivity contribution in [1.82, 2.24) is 15.0 Å². The number of carboxylic acid groups (broad SMARTS) is 1. The van der Waals surface area contributed by atoms with Crippen molar-refractivity contribution in [2.24, 2.45) is 13.0 Å². The Morgan fingerprint density at radius 2 is 1.93 bits per heavy atom. The van der Waals surface area contributed by atoms with Crippen LogP contribution in [0.15, 0.2) is 36.1 Å². The average molecular weight is 558 g/mol. The van der Waals surface area contributed by atoms with Crippen molar-refractivity contribution in [2.45, 2.75) is 79.2 Å². The summed E-state index contributed by atoms with van der Waals surface area (Å²) in [7, 11) is 1.80. The third-order valence-electron chi connectivity index (χ3n) is 7.12. The number of rotatable bonds is 16. The Kier molecular flexibility index (Phi) is 13.4. The number of ether oxygens (including phenoxy) is 3. The van der Waals surface area contributed by atoms with E-state index in [1.165, 1.54) is 5.57 Å². The van der Waals surface area contributed by atoms with Crippen LogP contribution in [0, 0.1) is 5.92 Å². The summed E-state index contributed by atoms with van der Waals surface area (Å²) >= 11 is 0. The summed E-state index contributed by atoms with van der Waals surface area (Å²) < 4.78 is 19.1. The molecule has 1 aromatic carbocycles. The number of nitrogens with zero attached hydrogens (tertiary/aromatic N) is 3. The Bertz CT molecular complexity index is 1160. The van der Waals surface area contributed by atoms with E-state index < -0.39 is 5.97 Å². The molecule has 2 atom stereocenters. The largest absolute Gasteiger partial charge is 0.507 e. The van der Waals surface area contributed by atoms with Crippen LogP contribution >= 0.6 is 0 Å². The van der Waals surface area contributed by atoms with Gasteiger partial charge in [-0.15, -0.1) is 5.10 Å². The molecule has 1 aromatic heterocycles. The zero-order valence-electron chi connectivity index (χ0n) is 23.7. The number of carboxylic acids is 1. The van der Waals surface area contributed by atoms with Gasteiger partial charge in [0, 0.05) is 18.5 Å². The van der Waals surface area contributed by atoms with Crippen molar-refractivity contribution in [2.75, 3.05) is 26.4 Å². The van der Waals surface area contributed by atoms with Crippen molar-refractivity contribution >= 4 is 5.97 Å². The molecule has 9 nitrogen and oxygen atoms in total. The molecule has 0 fully saturated rings. The van der Waals surface area contributed by atoms with E-state index in [0.29, 0.717) is 49.7 Å². The predicted octanol–water partition coefficient (Wildman–Crippen LogP) is 6.22. The maximum Gasteiger partial charge on any atom is 0.339 e. The molecule has 2 unspecified atom stereocenters. The number of benzene rings is 1. The smallest absolute Gasteiger partial charge is 0.339 e. The van der Waals surface area contributed by atoms with Gasteiger partial charge in [0.15, 0.2) is 0 Å². The Morgan fingerprint density at radius 1 is 1.20 bits per heavy atom. The van der Waals surface area contributed by atoms with Gasteiger partial charge in [-0.25, -0.2) is 4.79 Å². The van der Waals surface area contributed by atoms with E-state index in [1.807, 2.05) is 13.0 Å². The van der Waals surface area contributed by atoms with Crippen LogP contribution in [0.2, 0.25) is 0 Å². The molecular weight excluding hydrogens is 510 g/mol. The van der Waals surface area contributed by atoms with Gasteiger partial charge in [-0.1, -0.05) is 56.2 Å². The number of aromatic hydroxyl groups is 1. The van der Waals surface area contributed by atoms with Gasteiger partial charge >= 0.3 is 5.97 Å². The zero-order valence-corrected chi connectivity index (χ0v) is 23.7. The molecule has 0 aliphatic heterocycles. The lowest BCUT2D eigenvalue weighted by Crippen LogP contribution is -2.20. The molecule has 0 saturated heterocycles.